The van der Waals surface area contributed by atoms with Crippen LogP contribution in [0.1, 0.15) is 38.2 Å². The van der Waals surface area contributed by atoms with Gasteiger partial charge in [-0.1, -0.05) is 31.5 Å². The first-order valence-electron chi connectivity index (χ1n) is 14.1. The van der Waals surface area contributed by atoms with Crippen molar-refractivity contribution in [2.45, 2.75) is 52.0 Å². The predicted octanol–water partition coefficient (Wildman–Crippen LogP) is 3.21. The fourth-order valence-corrected chi connectivity index (χ4v) is 4.21. The molecule has 1 aliphatic heterocycles. The average Bonchev–Trinajstić information content (AvgIpc) is 3.04. The van der Waals surface area contributed by atoms with Crippen LogP contribution in [-0.4, -0.2) is 94.1 Å². The number of nitrogens with zero attached hydrogens (tertiary/aromatic N) is 1. The molecule has 0 spiro atoms. The summed E-state index contributed by atoms with van der Waals surface area (Å²) >= 11 is 6.14. The number of carbonyl (C=O) groups excluding carboxylic acids is 3. The normalized spacial score (nSPS) is 20.5. The second-order valence-corrected chi connectivity index (χ2v) is 10.6. The Morgan fingerprint density at radius 1 is 1.20 bits per heavy atom. The number of benzene rings is 1. The highest BCUT2D eigenvalue weighted by atomic mass is 35.5. The van der Waals surface area contributed by atoms with Crippen LogP contribution in [0.5, 0.6) is 17.2 Å². The van der Waals surface area contributed by atoms with Gasteiger partial charge >= 0.3 is 11.9 Å². The summed E-state index contributed by atoms with van der Waals surface area (Å²) in [6.07, 6.45) is -0.842. The molecule has 0 bridgehead atoms. The minimum atomic E-state index is -1.22. The zero-order valence-electron chi connectivity index (χ0n) is 25.4. The molecule has 3 rings (SSSR count). The molecule has 13 nitrogen and oxygen atoms in total. The number of nitrogens with one attached hydrogen (secondary N) is 1. The fraction of sp³-hybridized carbons (Fsp3) is 0.533. The maximum Gasteiger partial charge on any atom is 0.334 e. The van der Waals surface area contributed by atoms with Gasteiger partial charge in [0.25, 0.3) is 5.91 Å². The molecular formula is C30H39ClN2O11. The molecular weight excluding hydrogens is 600 g/mol. The first-order valence-corrected chi connectivity index (χ1v) is 14.5. The van der Waals surface area contributed by atoms with E-state index in [2.05, 4.69) is 10.3 Å². The van der Waals surface area contributed by atoms with Crippen LogP contribution in [-0.2, 0) is 33.3 Å². The van der Waals surface area contributed by atoms with Crippen molar-refractivity contribution in [3.05, 3.63) is 47.2 Å². The molecule has 2 aromatic rings. The van der Waals surface area contributed by atoms with Gasteiger partial charge < -0.3 is 43.2 Å². The lowest BCUT2D eigenvalue weighted by Gasteiger charge is -2.31. The molecule has 14 heteroatoms. The molecule has 1 aromatic heterocycles. The molecule has 4 atom stereocenters. The summed E-state index contributed by atoms with van der Waals surface area (Å²) in [5, 5.41) is 3.07. The minimum Gasteiger partial charge on any atom is -0.493 e. The van der Waals surface area contributed by atoms with E-state index in [1.54, 1.807) is 38.1 Å². The Labute approximate surface area is 261 Å². The second kappa shape index (κ2) is 17.6. The third-order valence-electron chi connectivity index (χ3n) is 6.15. The average molecular weight is 639 g/mol. The zero-order chi connectivity index (χ0) is 32.1. The van der Waals surface area contributed by atoms with Crippen LogP contribution in [0, 0.1) is 5.92 Å². The topological polar surface area (TPSA) is 150 Å². The fourth-order valence-electron chi connectivity index (χ4n) is 4.03. The lowest BCUT2D eigenvalue weighted by atomic mass is 10.1. The molecule has 4 unspecified atom stereocenters. The highest BCUT2D eigenvalue weighted by Crippen LogP contribution is 2.30. The van der Waals surface area contributed by atoms with Crippen molar-refractivity contribution < 1.29 is 52.3 Å². The van der Waals surface area contributed by atoms with Crippen LogP contribution in [0.25, 0.3) is 0 Å². The molecule has 0 aliphatic carbocycles. The third kappa shape index (κ3) is 10.5. The molecule has 44 heavy (non-hydrogen) atoms. The molecule has 2 heterocycles. The Hall–Kier alpha value is -3.65. The van der Waals surface area contributed by atoms with E-state index < -0.39 is 49.0 Å². The number of amides is 1. The van der Waals surface area contributed by atoms with Crippen LogP contribution in [0.3, 0.4) is 0 Å². The van der Waals surface area contributed by atoms with E-state index in [9.17, 15) is 14.4 Å². The Kier molecular flexibility index (Phi) is 13.9. The molecule has 0 radical (unpaired) electrons. The SMILES string of the molecule is CCOCC(=O)OCOc1c(OC)ccnc1C(=O)NC1COCC(OCC(C)C)C(Oc2cccc(Cl)c2)C(C)OC1=O. The first kappa shape index (κ1) is 34.8. The number of halogens is 1. The Bertz CT molecular complexity index is 1250. The van der Waals surface area contributed by atoms with Crippen LogP contribution < -0.4 is 19.5 Å². The van der Waals surface area contributed by atoms with E-state index in [0.717, 1.165) is 0 Å². The molecule has 1 fully saturated rings. The number of cyclic esters (lactones) is 1. The molecule has 0 saturated carbocycles. The summed E-state index contributed by atoms with van der Waals surface area (Å²) in [4.78, 5) is 42.5. The second-order valence-electron chi connectivity index (χ2n) is 10.1. The van der Waals surface area contributed by atoms with Crippen LogP contribution in [0.4, 0.5) is 0 Å². The van der Waals surface area contributed by atoms with Crippen molar-refractivity contribution in [3.63, 3.8) is 0 Å². The van der Waals surface area contributed by atoms with Gasteiger partial charge in [-0.3, -0.25) is 4.79 Å². The lowest BCUT2D eigenvalue weighted by Crippen LogP contribution is -2.48. The van der Waals surface area contributed by atoms with E-state index in [1.807, 2.05) is 13.8 Å². The smallest absolute Gasteiger partial charge is 0.334 e. The summed E-state index contributed by atoms with van der Waals surface area (Å²) in [6, 6.07) is 7.08. The summed E-state index contributed by atoms with van der Waals surface area (Å²) in [6.45, 7) is 7.20. The van der Waals surface area contributed by atoms with E-state index in [-0.39, 0.29) is 42.9 Å². The summed E-state index contributed by atoms with van der Waals surface area (Å²) < 4.78 is 44.7. The van der Waals surface area contributed by atoms with Crippen molar-refractivity contribution in [1.29, 1.82) is 0 Å². The number of aromatic nitrogens is 1. The van der Waals surface area contributed by atoms with E-state index in [0.29, 0.717) is 24.0 Å². The van der Waals surface area contributed by atoms with E-state index in [1.165, 1.54) is 19.4 Å². The van der Waals surface area contributed by atoms with Gasteiger partial charge in [-0.2, -0.15) is 0 Å². The molecule has 242 valence electrons. The third-order valence-corrected chi connectivity index (χ3v) is 6.39. The van der Waals surface area contributed by atoms with E-state index in [4.69, 9.17) is 49.5 Å². The van der Waals surface area contributed by atoms with Gasteiger partial charge in [0.05, 0.1) is 20.3 Å². The van der Waals surface area contributed by atoms with Gasteiger partial charge in [0, 0.05) is 30.5 Å². The summed E-state index contributed by atoms with van der Waals surface area (Å²) in [5.74, 6) is -1.46. The van der Waals surface area contributed by atoms with Crippen molar-refractivity contribution in [2.75, 3.05) is 46.9 Å². The van der Waals surface area contributed by atoms with Gasteiger partial charge in [0.1, 0.15) is 24.6 Å². The quantitative estimate of drug-likeness (QED) is 0.239. The molecule has 1 aromatic carbocycles. The lowest BCUT2D eigenvalue weighted by molar-refractivity contribution is -0.159. The summed E-state index contributed by atoms with van der Waals surface area (Å²) in [5.41, 5.74) is -0.216. The predicted molar refractivity (Wildman–Crippen MR) is 157 cm³/mol. The maximum atomic E-state index is 13.4. The van der Waals surface area contributed by atoms with Crippen molar-refractivity contribution in [2.24, 2.45) is 5.92 Å². The number of methoxy groups -OCH3 is 1. The number of hydrogen-bond acceptors (Lipinski definition) is 12. The number of rotatable bonds is 14. The number of carbonyl (C=O) groups is 3. The first-order chi connectivity index (χ1) is 21.1. The number of esters is 2. The van der Waals surface area contributed by atoms with Crippen molar-refractivity contribution >= 4 is 29.4 Å². The number of hydrogen-bond donors (Lipinski definition) is 1. The van der Waals surface area contributed by atoms with Gasteiger partial charge in [0.2, 0.25) is 6.79 Å². The highest BCUT2D eigenvalue weighted by Gasteiger charge is 2.37. The van der Waals surface area contributed by atoms with E-state index >= 15 is 0 Å². The number of ether oxygens (including phenoxy) is 8. The van der Waals surface area contributed by atoms with Crippen LogP contribution in [0.15, 0.2) is 36.5 Å². The maximum absolute atomic E-state index is 13.4. The Morgan fingerprint density at radius 2 is 2.00 bits per heavy atom. The van der Waals surface area contributed by atoms with Gasteiger partial charge in [-0.15, -0.1) is 0 Å². The molecule has 1 saturated heterocycles. The molecule has 1 N–H and O–H groups in total. The van der Waals surface area contributed by atoms with Gasteiger partial charge in [-0.25, -0.2) is 14.6 Å². The molecule has 1 aliphatic rings. The Balaban J connectivity index is 1.76. The van der Waals surface area contributed by atoms with Gasteiger partial charge in [0.15, 0.2) is 29.3 Å². The monoisotopic (exact) mass is 638 g/mol. The summed E-state index contributed by atoms with van der Waals surface area (Å²) in [7, 11) is 1.37. The Morgan fingerprint density at radius 3 is 2.70 bits per heavy atom. The van der Waals surface area contributed by atoms with Crippen LogP contribution in [0.2, 0.25) is 5.02 Å². The zero-order valence-corrected chi connectivity index (χ0v) is 26.2. The van der Waals surface area contributed by atoms with Crippen molar-refractivity contribution in [3.8, 4) is 17.2 Å². The molecule has 1 amide bonds. The minimum absolute atomic E-state index is 0.0458. The highest BCUT2D eigenvalue weighted by molar-refractivity contribution is 6.30. The van der Waals surface area contributed by atoms with Crippen LogP contribution >= 0.6 is 11.6 Å². The van der Waals surface area contributed by atoms with Gasteiger partial charge in [-0.05, 0) is 38.0 Å². The largest absolute Gasteiger partial charge is 0.493 e. The number of pyridine rings is 1. The van der Waals surface area contributed by atoms with Crippen molar-refractivity contribution in [1.82, 2.24) is 10.3 Å². The standard InChI is InChI=1S/C30H39ClN2O11/c1-6-38-16-25(34)41-17-42-28-23(37-5)10-11-32-26(28)29(35)33-22-14-39-15-24(40-13-18(2)3)27(19(4)43-30(22)36)44-21-9-7-8-20(31)12-21/h7-12,18-19,22,24,27H,6,13-17H2,1-5H3,(H,33,35).